The van der Waals surface area contributed by atoms with E-state index in [4.69, 9.17) is 9.47 Å². The van der Waals surface area contributed by atoms with Crippen LogP contribution in [0.15, 0.2) is 60.8 Å². The minimum atomic E-state index is -0.846. The Morgan fingerprint density at radius 1 is 1.12 bits per heavy atom. The minimum absolute atomic E-state index is 0.0475. The fourth-order valence-electron chi connectivity index (χ4n) is 3.74. The Bertz CT molecular complexity index is 1140. The van der Waals surface area contributed by atoms with Gasteiger partial charge in [0.1, 0.15) is 23.0 Å². The fraction of sp³-hybridized carbons (Fsp3) is 0.240. The molecule has 4 rings (SSSR count). The normalized spacial score (nSPS) is 13.9. The van der Waals surface area contributed by atoms with E-state index in [9.17, 15) is 19.1 Å². The van der Waals surface area contributed by atoms with Gasteiger partial charge in [-0.25, -0.2) is 14.2 Å². The highest BCUT2D eigenvalue weighted by Gasteiger charge is 2.34. The van der Waals surface area contributed by atoms with Gasteiger partial charge in [0.05, 0.1) is 13.5 Å². The Balaban J connectivity index is 1.49. The molecule has 6 nitrogen and oxygen atoms in total. The lowest BCUT2D eigenvalue weighted by Crippen LogP contribution is -2.12. The van der Waals surface area contributed by atoms with Gasteiger partial charge in [-0.1, -0.05) is 18.2 Å². The van der Waals surface area contributed by atoms with Gasteiger partial charge in [0.25, 0.3) is 0 Å². The smallest absolute Gasteiger partial charge is 0.362 e. The van der Waals surface area contributed by atoms with E-state index in [1.54, 1.807) is 30.3 Å². The summed E-state index contributed by atoms with van der Waals surface area (Å²) in [5, 5.41) is 9.21. The Morgan fingerprint density at radius 3 is 2.59 bits per heavy atom. The van der Waals surface area contributed by atoms with Crippen molar-refractivity contribution in [2.45, 2.75) is 25.2 Å². The van der Waals surface area contributed by atoms with Gasteiger partial charge in [-0.3, -0.25) is 4.79 Å². The van der Waals surface area contributed by atoms with Crippen LogP contribution in [0.5, 0.6) is 11.5 Å². The van der Waals surface area contributed by atoms with Gasteiger partial charge in [0, 0.05) is 17.3 Å². The maximum absolute atomic E-state index is 14.2. The highest BCUT2D eigenvalue weighted by molar-refractivity contribution is 5.89. The topological polar surface area (TPSA) is 85.7 Å². The summed E-state index contributed by atoms with van der Waals surface area (Å²) in [6.07, 6.45) is 3.46. The van der Waals surface area contributed by atoms with Crippen LogP contribution in [0.4, 0.5) is 4.39 Å². The summed E-state index contributed by atoms with van der Waals surface area (Å²) in [4.78, 5) is 27.9. The van der Waals surface area contributed by atoms with Gasteiger partial charge in [-0.15, -0.1) is 0 Å². The van der Waals surface area contributed by atoms with E-state index in [0.29, 0.717) is 28.5 Å². The number of hydrogen-bond acceptors (Lipinski definition) is 5. The molecule has 0 bridgehead atoms. The van der Waals surface area contributed by atoms with E-state index in [1.165, 1.54) is 31.5 Å². The third kappa shape index (κ3) is 4.94. The van der Waals surface area contributed by atoms with Crippen molar-refractivity contribution in [2.75, 3.05) is 7.11 Å². The molecule has 0 amide bonds. The molecule has 0 unspecified atom stereocenters. The number of benzene rings is 2. The van der Waals surface area contributed by atoms with Crippen LogP contribution >= 0.6 is 0 Å². The molecule has 2 aromatic carbocycles. The molecule has 164 valence electrons. The van der Waals surface area contributed by atoms with Gasteiger partial charge in [-0.05, 0) is 66.6 Å². The molecule has 0 spiro atoms. The van der Waals surface area contributed by atoms with Crippen molar-refractivity contribution in [3.05, 3.63) is 77.9 Å². The molecule has 1 aromatic heterocycles. The van der Waals surface area contributed by atoms with E-state index in [0.717, 1.165) is 18.4 Å². The third-order valence-corrected chi connectivity index (χ3v) is 5.54. The van der Waals surface area contributed by atoms with Gasteiger partial charge >= 0.3 is 11.9 Å². The van der Waals surface area contributed by atoms with Gasteiger partial charge in [0.15, 0.2) is 0 Å². The first-order valence-electron chi connectivity index (χ1n) is 10.3. The molecule has 1 fully saturated rings. The summed E-state index contributed by atoms with van der Waals surface area (Å²) < 4.78 is 24.8. The van der Waals surface area contributed by atoms with Crippen LogP contribution in [-0.2, 0) is 4.79 Å². The monoisotopic (exact) mass is 435 g/mol. The summed E-state index contributed by atoms with van der Waals surface area (Å²) in [5.74, 6) is -0.830. The molecule has 1 aliphatic carbocycles. The van der Waals surface area contributed by atoms with Crippen LogP contribution < -0.4 is 9.47 Å². The number of carboxylic acid groups (broad SMARTS) is 1. The summed E-state index contributed by atoms with van der Waals surface area (Å²) in [5.41, 5.74) is 1.73. The predicted molar refractivity (Wildman–Crippen MR) is 115 cm³/mol. The average Bonchev–Trinajstić information content (AvgIpc) is 3.63. The molecule has 0 saturated heterocycles. The summed E-state index contributed by atoms with van der Waals surface area (Å²) in [7, 11) is 1.50. The molecule has 3 aromatic rings. The van der Waals surface area contributed by atoms with Crippen molar-refractivity contribution < 1.29 is 28.6 Å². The lowest BCUT2D eigenvalue weighted by Gasteiger charge is -2.15. The number of hydrogen-bond donors (Lipinski definition) is 1. The van der Waals surface area contributed by atoms with Crippen LogP contribution in [0.1, 0.15) is 41.2 Å². The third-order valence-electron chi connectivity index (χ3n) is 5.54. The molecular formula is C25H22FNO5. The van der Waals surface area contributed by atoms with E-state index in [1.807, 2.05) is 6.07 Å². The number of carbonyl (C=O) groups excluding carboxylic acids is 1. The Kier molecular flexibility index (Phi) is 6.16. The number of carboxylic acids is 1. The van der Waals surface area contributed by atoms with Crippen LogP contribution in [0.2, 0.25) is 0 Å². The number of aromatic nitrogens is 1. The number of esters is 1. The van der Waals surface area contributed by atoms with Crippen molar-refractivity contribution in [2.24, 2.45) is 5.92 Å². The molecule has 1 aliphatic rings. The second-order valence-electron chi connectivity index (χ2n) is 7.78. The summed E-state index contributed by atoms with van der Waals surface area (Å²) in [6.45, 7) is 0. The van der Waals surface area contributed by atoms with Gasteiger partial charge in [0.2, 0.25) is 0 Å². The summed E-state index contributed by atoms with van der Waals surface area (Å²) >= 11 is 0. The zero-order valence-electron chi connectivity index (χ0n) is 17.5. The Morgan fingerprint density at radius 2 is 1.94 bits per heavy atom. The minimum Gasteiger partial charge on any atom is -0.497 e. The summed E-state index contributed by atoms with van der Waals surface area (Å²) in [6, 6.07) is 14.4. The van der Waals surface area contributed by atoms with Gasteiger partial charge in [-0.2, -0.15) is 0 Å². The van der Waals surface area contributed by atoms with E-state index < -0.39 is 17.8 Å². The Labute approximate surface area is 184 Å². The lowest BCUT2D eigenvalue weighted by atomic mass is 9.91. The lowest BCUT2D eigenvalue weighted by molar-refractivity contribution is -0.137. The number of halogens is 1. The molecule has 7 heteroatoms. The van der Waals surface area contributed by atoms with E-state index >= 15 is 0 Å². The SMILES string of the molecule is COc1ccc(F)c(-c2ccc(C(=O)Oc3cccc([C@@H](CC(=O)O)C4CC4)c3)nc2)c1. The van der Waals surface area contributed by atoms with Crippen molar-refractivity contribution >= 4 is 11.9 Å². The van der Waals surface area contributed by atoms with Crippen molar-refractivity contribution in [1.29, 1.82) is 0 Å². The molecule has 32 heavy (non-hydrogen) atoms. The first kappa shape index (κ1) is 21.5. The zero-order chi connectivity index (χ0) is 22.7. The highest BCUT2D eigenvalue weighted by atomic mass is 19.1. The Hall–Kier alpha value is -3.74. The van der Waals surface area contributed by atoms with Crippen LogP contribution in [-0.4, -0.2) is 29.1 Å². The van der Waals surface area contributed by atoms with Crippen molar-refractivity contribution in [3.63, 3.8) is 0 Å². The number of pyridine rings is 1. The number of ether oxygens (including phenoxy) is 2. The van der Waals surface area contributed by atoms with Crippen LogP contribution in [0.25, 0.3) is 11.1 Å². The molecule has 1 heterocycles. The number of aliphatic carboxylic acids is 1. The average molecular weight is 435 g/mol. The second-order valence-corrected chi connectivity index (χ2v) is 7.78. The predicted octanol–water partition coefficient (Wildman–Crippen LogP) is 5.08. The maximum atomic E-state index is 14.2. The first-order chi connectivity index (χ1) is 15.4. The molecular weight excluding hydrogens is 413 g/mol. The molecule has 1 saturated carbocycles. The molecule has 0 aliphatic heterocycles. The maximum Gasteiger partial charge on any atom is 0.362 e. The number of methoxy groups -OCH3 is 1. The number of carbonyl (C=O) groups is 2. The number of nitrogens with zero attached hydrogens (tertiary/aromatic N) is 1. The quantitative estimate of drug-likeness (QED) is 0.392. The number of rotatable bonds is 8. The molecule has 1 N–H and O–H groups in total. The first-order valence-corrected chi connectivity index (χ1v) is 10.3. The van der Waals surface area contributed by atoms with Crippen molar-refractivity contribution in [1.82, 2.24) is 4.98 Å². The van der Waals surface area contributed by atoms with E-state index in [2.05, 4.69) is 4.98 Å². The standard InChI is InChI=1S/C25H22FNO5/c1-31-18-8-9-22(26)21(12-18)17-7-10-23(27-14-17)25(30)32-19-4-2-3-16(11-19)20(13-24(28)29)15-5-6-15/h2-4,7-12,14-15,20H,5-6,13H2,1H3,(H,28,29)/t20-/m0/s1. The largest absolute Gasteiger partial charge is 0.497 e. The fourth-order valence-corrected chi connectivity index (χ4v) is 3.74. The molecule has 0 radical (unpaired) electrons. The van der Waals surface area contributed by atoms with Gasteiger partial charge < -0.3 is 14.6 Å². The molecule has 1 atom stereocenters. The zero-order valence-corrected chi connectivity index (χ0v) is 17.5. The van der Waals surface area contributed by atoms with E-state index in [-0.39, 0.29) is 18.0 Å². The van der Waals surface area contributed by atoms with Crippen LogP contribution in [0.3, 0.4) is 0 Å². The second kappa shape index (κ2) is 9.18. The van der Waals surface area contributed by atoms with Crippen molar-refractivity contribution in [3.8, 4) is 22.6 Å². The highest BCUT2D eigenvalue weighted by Crippen LogP contribution is 2.45. The van der Waals surface area contributed by atoms with Crippen LogP contribution in [0, 0.1) is 11.7 Å².